The fourth-order valence-corrected chi connectivity index (χ4v) is 3.73. The lowest BCUT2D eigenvalue weighted by atomic mass is 10.1. The largest absolute Gasteiger partial charge is 0.378 e. The highest BCUT2D eigenvalue weighted by Crippen LogP contribution is 2.23. The minimum Gasteiger partial charge on any atom is -0.378 e. The summed E-state index contributed by atoms with van der Waals surface area (Å²) in [5.41, 5.74) is 3.06. The Morgan fingerprint density at radius 1 is 1.26 bits per heavy atom. The van der Waals surface area contributed by atoms with Crippen LogP contribution in [0.2, 0.25) is 0 Å². The van der Waals surface area contributed by atoms with Gasteiger partial charge in [0.25, 0.3) is 5.91 Å². The van der Waals surface area contributed by atoms with E-state index in [1.807, 2.05) is 41.4 Å². The Kier molecular flexibility index (Phi) is 6.29. The average Bonchev–Trinajstić information content (AvgIpc) is 3.21. The van der Waals surface area contributed by atoms with Crippen molar-refractivity contribution < 1.29 is 13.9 Å². The zero-order valence-electron chi connectivity index (χ0n) is 17.0. The molecule has 1 amide bonds. The van der Waals surface area contributed by atoms with Crippen molar-refractivity contribution in [3.8, 4) is 6.07 Å². The van der Waals surface area contributed by atoms with Gasteiger partial charge in [-0.3, -0.25) is 4.79 Å². The van der Waals surface area contributed by atoms with Gasteiger partial charge >= 0.3 is 0 Å². The molecule has 0 radical (unpaired) electrons. The van der Waals surface area contributed by atoms with Crippen molar-refractivity contribution in [2.24, 2.45) is 0 Å². The third-order valence-electron chi connectivity index (χ3n) is 5.35. The highest BCUT2D eigenvalue weighted by atomic mass is 19.1. The van der Waals surface area contributed by atoms with Gasteiger partial charge < -0.3 is 19.9 Å². The van der Waals surface area contributed by atoms with Gasteiger partial charge in [0.15, 0.2) is 0 Å². The van der Waals surface area contributed by atoms with Gasteiger partial charge in [0, 0.05) is 36.7 Å². The number of anilines is 1. The molecule has 0 unspecified atom stereocenters. The van der Waals surface area contributed by atoms with Crippen LogP contribution in [0.25, 0.3) is 17.0 Å². The molecule has 2 heterocycles. The Balaban J connectivity index is 1.40. The first-order chi connectivity index (χ1) is 15.2. The number of aromatic nitrogens is 1. The van der Waals surface area contributed by atoms with E-state index in [9.17, 15) is 14.4 Å². The first-order valence-electron chi connectivity index (χ1n) is 10.2. The van der Waals surface area contributed by atoms with Gasteiger partial charge in [-0.25, -0.2) is 4.39 Å². The van der Waals surface area contributed by atoms with Crippen LogP contribution in [0, 0.1) is 17.1 Å². The summed E-state index contributed by atoms with van der Waals surface area (Å²) in [5.74, 6) is -0.854. The number of nitrogens with one attached hydrogen (secondary N) is 2. The first-order valence-corrected chi connectivity index (χ1v) is 10.2. The number of benzene rings is 2. The highest BCUT2D eigenvalue weighted by molar-refractivity contribution is 6.01. The van der Waals surface area contributed by atoms with E-state index in [2.05, 4.69) is 10.3 Å². The van der Waals surface area contributed by atoms with Crippen LogP contribution < -0.4 is 10.2 Å². The van der Waals surface area contributed by atoms with Crippen molar-refractivity contribution in [2.45, 2.75) is 6.42 Å². The molecule has 0 saturated carbocycles. The van der Waals surface area contributed by atoms with Crippen molar-refractivity contribution in [1.29, 1.82) is 5.26 Å². The summed E-state index contributed by atoms with van der Waals surface area (Å²) in [6.07, 6.45) is 3.97. The summed E-state index contributed by atoms with van der Waals surface area (Å²) in [6.45, 7) is 2.80. The molecule has 4 rings (SSSR count). The predicted octanol–water partition coefficient (Wildman–Crippen LogP) is 3.41. The number of nitrogens with zero attached hydrogens (tertiary/aromatic N) is 2. The molecule has 2 aromatic carbocycles. The highest BCUT2D eigenvalue weighted by Gasteiger charge is 2.16. The molecular weight excluding hydrogens is 395 g/mol. The van der Waals surface area contributed by atoms with Gasteiger partial charge in [0.2, 0.25) is 0 Å². The van der Waals surface area contributed by atoms with E-state index in [4.69, 9.17) is 4.74 Å². The van der Waals surface area contributed by atoms with Crippen LogP contribution >= 0.6 is 0 Å². The normalized spacial score (nSPS) is 14.5. The molecule has 158 valence electrons. The Morgan fingerprint density at radius 2 is 2.06 bits per heavy atom. The van der Waals surface area contributed by atoms with E-state index in [1.54, 1.807) is 12.1 Å². The third-order valence-corrected chi connectivity index (χ3v) is 5.35. The molecular formula is C24H23FN4O2. The number of fused-ring (bicyclic) bond motifs is 1. The molecule has 31 heavy (non-hydrogen) atoms. The van der Waals surface area contributed by atoms with E-state index in [0.29, 0.717) is 50.5 Å². The lowest BCUT2D eigenvalue weighted by Crippen LogP contribution is -2.36. The summed E-state index contributed by atoms with van der Waals surface area (Å²) >= 11 is 0. The zero-order chi connectivity index (χ0) is 21.6. The second kappa shape index (κ2) is 9.45. The number of nitriles is 1. The minimum atomic E-state index is -0.472. The number of hydrogen-bond donors (Lipinski definition) is 2. The van der Waals surface area contributed by atoms with Crippen LogP contribution in [0.1, 0.15) is 11.1 Å². The Morgan fingerprint density at radius 3 is 2.84 bits per heavy atom. The van der Waals surface area contributed by atoms with E-state index >= 15 is 0 Å². The quantitative estimate of drug-likeness (QED) is 0.475. The molecule has 1 saturated heterocycles. The molecule has 7 heteroatoms. The number of amides is 1. The lowest BCUT2D eigenvalue weighted by Gasteiger charge is -2.29. The van der Waals surface area contributed by atoms with Gasteiger partial charge in [0.1, 0.15) is 17.5 Å². The number of rotatable bonds is 6. The topological polar surface area (TPSA) is 81.2 Å². The summed E-state index contributed by atoms with van der Waals surface area (Å²) in [7, 11) is 0. The molecule has 1 fully saturated rings. The molecule has 0 atom stereocenters. The summed E-state index contributed by atoms with van der Waals surface area (Å²) in [4.78, 5) is 17.6. The van der Waals surface area contributed by atoms with Gasteiger partial charge in [0.05, 0.1) is 18.9 Å². The lowest BCUT2D eigenvalue weighted by molar-refractivity contribution is -0.117. The van der Waals surface area contributed by atoms with Crippen LogP contribution in [0.15, 0.2) is 54.2 Å². The molecule has 6 nitrogen and oxygen atoms in total. The fourth-order valence-electron chi connectivity index (χ4n) is 3.73. The zero-order valence-corrected chi connectivity index (χ0v) is 17.0. The Bertz CT molecular complexity index is 1160. The number of H-pyrrole nitrogens is 1. The molecule has 0 aliphatic carbocycles. The number of para-hydroxylation sites is 1. The van der Waals surface area contributed by atoms with Crippen LogP contribution in [-0.4, -0.2) is 43.7 Å². The molecule has 1 aliphatic heterocycles. The predicted molar refractivity (Wildman–Crippen MR) is 118 cm³/mol. The van der Waals surface area contributed by atoms with Crippen molar-refractivity contribution in [2.75, 3.05) is 37.7 Å². The Hall–Kier alpha value is -3.63. The van der Waals surface area contributed by atoms with Crippen molar-refractivity contribution in [1.82, 2.24) is 10.3 Å². The standard InChI is InChI=1S/C24H23FN4O2/c25-21-14-17(5-6-23(21)29-9-11-31-12-10-29)13-19(15-26)24(30)27-8-7-18-16-28-22-4-2-1-3-20(18)22/h1-6,13-14,16,28H,7-12H2,(H,27,30). The first kappa shape index (κ1) is 20.6. The fraction of sp³-hybridized carbons (Fsp3) is 0.250. The number of halogens is 1. The maximum Gasteiger partial charge on any atom is 0.261 e. The molecule has 0 bridgehead atoms. The van der Waals surface area contributed by atoms with E-state index in [1.165, 1.54) is 12.1 Å². The molecule has 3 aromatic rings. The van der Waals surface area contributed by atoms with Gasteiger partial charge in [-0.1, -0.05) is 24.3 Å². The number of morpholine rings is 1. The van der Waals surface area contributed by atoms with Crippen molar-refractivity contribution in [3.63, 3.8) is 0 Å². The molecule has 1 aliphatic rings. The van der Waals surface area contributed by atoms with Crippen LogP contribution in [0.5, 0.6) is 0 Å². The summed E-state index contributed by atoms with van der Waals surface area (Å²) in [5, 5.41) is 13.3. The van der Waals surface area contributed by atoms with E-state index < -0.39 is 5.91 Å². The number of carbonyl (C=O) groups is 1. The van der Waals surface area contributed by atoms with Gasteiger partial charge in [-0.2, -0.15) is 5.26 Å². The van der Waals surface area contributed by atoms with E-state index in [-0.39, 0.29) is 11.4 Å². The molecule has 1 aromatic heterocycles. The second-order valence-corrected chi connectivity index (χ2v) is 7.35. The maximum absolute atomic E-state index is 14.6. The number of carbonyl (C=O) groups excluding carboxylic acids is 1. The average molecular weight is 418 g/mol. The molecule has 2 N–H and O–H groups in total. The monoisotopic (exact) mass is 418 g/mol. The van der Waals surface area contributed by atoms with Gasteiger partial charge in [-0.15, -0.1) is 0 Å². The summed E-state index contributed by atoms with van der Waals surface area (Å²) < 4.78 is 19.9. The molecule has 0 spiro atoms. The minimum absolute atomic E-state index is 0.0579. The maximum atomic E-state index is 14.6. The second-order valence-electron chi connectivity index (χ2n) is 7.35. The van der Waals surface area contributed by atoms with Crippen molar-refractivity contribution in [3.05, 3.63) is 71.2 Å². The van der Waals surface area contributed by atoms with Crippen LogP contribution in [-0.2, 0) is 16.0 Å². The third kappa shape index (κ3) is 4.76. The Labute approximate surface area is 179 Å². The number of hydrogen-bond acceptors (Lipinski definition) is 4. The summed E-state index contributed by atoms with van der Waals surface area (Å²) in [6, 6.07) is 14.6. The number of aromatic amines is 1. The SMILES string of the molecule is N#CC(=Cc1ccc(N2CCOCC2)c(F)c1)C(=O)NCCc1c[nH]c2ccccc12. The van der Waals surface area contributed by atoms with Crippen LogP contribution in [0.4, 0.5) is 10.1 Å². The smallest absolute Gasteiger partial charge is 0.261 e. The van der Waals surface area contributed by atoms with Gasteiger partial charge in [-0.05, 0) is 41.8 Å². The van der Waals surface area contributed by atoms with Crippen molar-refractivity contribution >= 4 is 28.6 Å². The van der Waals surface area contributed by atoms with Crippen LogP contribution in [0.3, 0.4) is 0 Å². The van der Waals surface area contributed by atoms with E-state index in [0.717, 1.165) is 16.5 Å². The number of ether oxygens (including phenoxy) is 1.